The highest BCUT2D eigenvalue weighted by Crippen LogP contribution is 2.72. The van der Waals surface area contributed by atoms with Crippen LogP contribution in [-0.4, -0.2) is 40.0 Å². The number of fused-ring (bicyclic) bond motifs is 6. The van der Waals surface area contributed by atoms with E-state index in [2.05, 4.69) is 6.92 Å². The SMILES string of the molecule is C[C@]12C=CC(=O)C=C1CC[C@H]1[C@@H]3CC[C@@]4(OCCS4)[C@@]3(C)C[C@H](O)C12F. The first-order valence-electron chi connectivity index (χ1n) is 9.86. The summed E-state index contributed by atoms with van der Waals surface area (Å²) in [7, 11) is 0. The van der Waals surface area contributed by atoms with Crippen molar-refractivity contribution in [3.05, 3.63) is 23.8 Å². The van der Waals surface area contributed by atoms with Gasteiger partial charge in [-0.15, -0.1) is 11.8 Å². The second-order valence-corrected chi connectivity index (χ2v) is 10.6. The topological polar surface area (TPSA) is 46.5 Å². The second-order valence-electron chi connectivity index (χ2n) is 9.25. The molecule has 5 heteroatoms. The van der Waals surface area contributed by atoms with Crippen molar-refractivity contribution in [2.24, 2.45) is 22.7 Å². The van der Waals surface area contributed by atoms with Gasteiger partial charge >= 0.3 is 0 Å². The van der Waals surface area contributed by atoms with Crippen molar-refractivity contribution < 1.29 is 19.0 Å². The molecule has 0 radical (unpaired) electrons. The van der Waals surface area contributed by atoms with Crippen molar-refractivity contribution >= 4 is 17.5 Å². The van der Waals surface area contributed by atoms with Crippen molar-refractivity contribution in [2.45, 2.75) is 62.7 Å². The average Bonchev–Trinajstić information content (AvgIpc) is 3.18. The lowest BCUT2D eigenvalue weighted by Gasteiger charge is -2.62. The van der Waals surface area contributed by atoms with Crippen molar-refractivity contribution in [2.75, 3.05) is 12.4 Å². The van der Waals surface area contributed by atoms with Gasteiger partial charge in [0.1, 0.15) is 4.93 Å². The number of ether oxygens (including phenoxy) is 1. The summed E-state index contributed by atoms with van der Waals surface area (Å²) in [5, 5.41) is 11.2. The number of aliphatic hydroxyl groups is 1. The lowest BCUT2D eigenvalue weighted by molar-refractivity contribution is -0.207. The van der Waals surface area contributed by atoms with Crippen molar-refractivity contribution in [1.82, 2.24) is 0 Å². The molecule has 3 nitrogen and oxygen atoms in total. The molecule has 4 fully saturated rings. The van der Waals surface area contributed by atoms with Crippen LogP contribution in [0, 0.1) is 22.7 Å². The molecule has 0 bridgehead atoms. The van der Waals surface area contributed by atoms with Crippen LogP contribution in [0.5, 0.6) is 0 Å². The Hall–Kier alpha value is -0.650. The molecule has 4 aliphatic carbocycles. The number of hydrogen-bond donors (Lipinski definition) is 1. The lowest BCUT2D eigenvalue weighted by Crippen LogP contribution is -2.67. The van der Waals surface area contributed by atoms with Gasteiger partial charge in [-0.3, -0.25) is 4.79 Å². The van der Waals surface area contributed by atoms with Gasteiger partial charge in [-0.1, -0.05) is 18.6 Å². The van der Waals surface area contributed by atoms with Gasteiger partial charge in [0, 0.05) is 22.5 Å². The number of carbonyl (C=O) groups excluding carboxylic acids is 1. The molecular weight excluding hydrogens is 351 g/mol. The van der Waals surface area contributed by atoms with E-state index in [0.29, 0.717) is 12.8 Å². The molecule has 1 N–H and O–H groups in total. The molecule has 142 valence electrons. The Balaban J connectivity index is 1.60. The number of allylic oxidation sites excluding steroid dienone is 4. The highest BCUT2D eigenvalue weighted by molar-refractivity contribution is 8.00. The first kappa shape index (κ1) is 17.4. The van der Waals surface area contributed by atoms with E-state index in [1.165, 1.54) is 6.08 Å². The summed E-state index contributed by atoms with van der Waals surface area (Å²) in [6.45, 7) is 4.86. The molecule has 5 rings (SSSR count). The molecule has 0 amide bonds. The van der Waals surface area contributed by atoms with Gasteiger partial charge < -0.3 is 9.84 Å². The summed E-state index contributed by atoms with van der Waals surface area (Å²) in [4.78, 5) is 11.6. The fraction of sp³-hybridized carbons (Fsp3) is 0.762. The summed E-state index contributed by atoms with van der Waals surface area (Å²) in [5.41, 5.74) is -1.94. The molecule has 1 unspecified atom stereocenters. The predicted octanol–water partition coefficient (Wildman–Crippen LogP) is 3.82. The Bertz CT molecular complexity index is 727. The smallest absolute Gasteiger partial charge is 0.178 e. The van der Waals surface area contributed by atoms with E-state index in [1.807, 2.05) is 18.7 Å². The van der Waals surface area contributed by atoms with Crippen LogP contribution in [0.3, 0.4) is 0 Å². The van der Waals surface area contributed by atoms with E-state index in [4.69, 9.17) is 4.74 Å². The van der Waals surface area contributed by atoms with Crippen molar-refractivity contribution in [3.63, 3.8) is 0 Å². The third kappa shape index (κ3) is 1.81. The number of aliphatic hydroxyl groups excluding tert-OH is 1. The summed E-state index contributed by atoms with van der Waals surface area (Å²) < 4.78 is 23.1. The highest BCUT2D eigenvalue weighted by Gasteiger charge is 2.73. The molecule has 0 aromatic heterocycles. The molecule has 0 aromatic rings. The summed E-state index contributed by atoms with van der Waals surface area (Å²) in [6.07, 6.45) is 7.57. The van der Waals surface area contributed by atoms with Gasteiger partial charge in [-0.25, -0.2) is 4.39 Å². The van der Waals surface area contributed by atoms with Gasteiger partial charge in [-0.2, -0.15) is 0 Å². The van der Waals surface area contributed by atoms with Gasteiger partial charge in [0.15, 0.2) is 11.5 Å². The molecule has 1 heterocycles. The zero-order valence-electron chi connectivity index (χ0n) is 15.5. The zero-order chi connectivity index (χ0) is 18.4. The number of alkyl halides is 1. The Morgan fingerprint density at radius 3 is 2.85 bits per heavy atom. The highest BCUT2D eigenvalue weighted by atomic mass is 32.2. The van der Waals surface area contributed by atoms with Gasteiger partial charge in [0.05, 0.1) is 12.7 Å². The Kier molecular flexibility index (Phi) is 3.51. The predicted molar refractivity (Wildman–Crippen MR) is 99.5 cm³/mol. The van der Waals surface area contributed by atoms with E-state index in [1.54, 1.807) is 12.2 Å². The second kappa shape index (κ2) is 5.24. The summed E-state index contributed by atoms with van der Waals surface area (Å²) in [5.74, 6) is 0.941. The number of thioether (sulfide) groups is 1. The first-order chi connectivity index (χ1) is 12.3. The maximum atomic E-state index is 16.8. The molecule has 1 spiro atoms. The number of hydrogen-bond acceptors (Lipinski definition) is 4. The van der Waals surface area contributed by atoms with E-state index in [0.717, 1.165) is 37.2 Å². The molecular formula is C21H27FO3S. The van der Waals surface area contributed by atoms with Gasteiger partial charge in [0.2, 0.25) is 0 Å². The van der Waals surface area contributed by atoms with Crippen LogP contribution in [0.25, 0.3) is 0 Å². The fourth-order valence-electron chi connectivity index (χ4n) is 7.09. The standard InChI is InChI=1S/C21H27FO3S/c1-18-7-5-14(23)11-13(18)3-4-16-15-6-8-20(25-9-10-26-20)19(15,2)12-17(24)21(16,18)22/h5,7,11,15-17,24H,3-4,6,8-10,12H2,1-2H3/t15-,16-,17-,18-,19-,20-,21?/m0/s1. The van der Waals surface area contributed by atoms with E-state index < -0.39 is 17.2 Å². The fourth-order valence-corrected chi connectivity index (χ4v) is 8.58. The molecule has 3 saturated carbocycles. The summed E-state index contributed by atoms with van der Waals surface area (Å²) >= 11 is 1.87. The van der Waals surface area contributed by atoms with Crippen LogP contribution in [0.2, 0.25) is 0 Å². The minimum Gasteiger partial charge on any atom is -0.390 e. The van der Waals surface area contributed by atoms with Crippen molar-refractivity contribution in [3.8, 4) is 0 Å². The normalized spacial score (nSPS) is 55.5. The van der Waals surface area contributed by atoms with Crippen LogP contribution < -0.4 is 0 Å². The largest absolute Gasteiger partial charge is 0.390 e. The maximum Gasteiger partial charge on any atom is 0.178 e. The average molecular weight is 379 g/mol. The molecule has 7 atom stereocenters. The van der Waals surface area contributed by atoms with Crippen LogP contribution in [-0.2, 0) is 9.53 Å². The van der Waals surface area contributed by atoms with Gasteiger partial charge in [0.25, 0.3) is 0 Å². The quantitative estimate of drug-likeness (QED) is 0.696. The zero-order valence-corrected chi connectivity index (χ0v) is 16.3. The van der Waals surface area contributed by atoms with Crippen LogP contribution >= 0.6 is 11.8 Å². The maximum absolute atomic E-state index is 16.8. The van der Waals surface area contributed by atoms with Crippen LogP contribution in [0.1, 0.15) is 46.0 Å². The number of halogens is 1. The Labute approximate surface area is 158 Å². The van der Waals surface area contributed by atoms with Crippen LogP contribution in [0.15, 0.2) is 23.8 Å². The lowest BCUT2D eigenvalue weighted by atomic mass is 9.45. The van der Waals surface area contributed by atoms with Crippen molar-refractivity contribution in [1.29, 1.82) is 0 Å². The third-order valence-corrected chi connectivity index (χ3v) is 10.1. The third-order valence-electron chi connectivity index (χ3n) is 8.44. The molecule has 0 aromatic carbocycles. The molecule has 5 aliphatic rings. The Morgan fingerprint density at radius 1 is 1.31 bits per heavy atom. The molecule has 26 heavy (non-hydrogen) atoms. The van der Waals surface area contributed by atoms with E-state index in [-0.39, 0.29) is 28.0 Å². The first-order valence-corrected chi connectivity index (χ1v) is 10.8. The summed E-state index contributed by atoms with van der Waals surface area (Å²) in [6, 6.07) is 0. The minimum absolute atomic E-state index is 0.0646. The van der Waals surface area contributed by atoms with E-state index in [9.17, 15) is 9.90 Å². The monoisotopic (exact) mass is 378 g/mol. The number of rotatable bonds is 0. The number of ketones is 1. The number of carbonyl (C=O) groups is 1. The minimum atomic E-state index is -1.72. The molecule has 1 saturated heterocycles. The van der Waals surface area contributed by atoms with Crippen LogP contribution in [0.4, 0.5) is 4.39 Å². The van der Waals surface area contributed by atoms with Gasteiger partial charge in [-0.05, 0) is 57.1 Å². The Morgan fingerprint density at radius 2 is 2.12 bits per heavy atom. The molecule has 1 aliphatic heterocycles. The van der Waals surface area contributed by atoms with E-state index >= 15 is 4.39 Å².